The van der Waals surface area contributed by atoms with E-state index in [1.165, 1.54) is 45.5 Å². The van der Waals surface area contributed by atoms with Gasteiger partial charge in [0.2, 0.25) is 15.9 Å². The van der Waals surface area contributed by atoms with Crippen molar-refractivity contribution in [2.45, 2.75) is 11.4 Å². The largest absolute Gasteiger partial charge is 0.494 e. The molecule has 0 radical (unpaired) electrons. The predicted octanol–water partition coefficient (Wildman–Crippen LogP) is 2.16. The highest BCUT2D eigenvalue weighted by atomic mass is 32.2. The Hall–Kier alpha value is -2.49. The number of carbonyl (C=O) groups excluding carboxylic acids is 1. The van der Waals surface area contributed by atoms with Crippen molar-refractivity contribution in [3.05, 3.63) is 53.8 Å². The second kappa shape index (κ2) is 9.13. The highest BCUT2D eigenvalue weighted by Gasteiger charge is 2.18. The molecular formula is C19H24FN3O4S. The summed E-state index contributed by atoms with van der Waals surface area (Å²) in [5.41, 5.74) is 1.09. The molecule has 2 rings (SSSR count). The zero-order chi connectivity index (χ0) is 20.9. The summed E-state index contributed by atoms with van der Waals surface area (Å²) in [6, 6.07) is 10.7. The van der Waals surface area contributed by atoms with Gasteiger partial charge in [-0.3, -0.25) is 9.69 Å². The molecule has 1 N–H and O–H groups in total. The first-order valence-electron chi connectivity index (χ1n) is 8.47. The topological polar surface area (TPSA) is 79.0 Å². The number of hydrogen-bond acceptors (Lipinski definition) is 5. The molecule has 0 aliphatic heterocycles. The second-order valence-corrected chi connectivity index (χ2v) is 8.66. The number of benzene rings is 2. The summed E-state index contributed by atoms with van der Waals surface area (Å²) in [5.74, 6) is -0.607. The number of amides is 1. The van der Waals surface area contributed by atoms with Crippen molar-refractivity contribution in [1.29, 1.82) is 0 Å². The van der Waals surface area contributed by atoms with Crippen LogP contribution >= 0.6 is 0 Å². The number of nitrogens with zero attached hydrogens (tertiary/aromatic N) is 2. The molecular weight excluding hydrogens is 385 g/mol. The maximum atomic E-state index is 13.8. The fourth-order valence-electron chi connectivity index (χ4n) is 2.57. The van der Waals surface area contributed by atoms with Crippen LogP contribution in [0.25, 0.3) is 0 Å². The minimum absolute atomic E-state index is 0.0539. The van der Waals surface area contributed by atoms with Gasteiger partial charge in [-0.15, -0.1) is 0 Å². The van der Waals surface area contributed by atoms with E-state index < -0.39 is 15.8 Å². The fourth-order valence-corrected chi connectivity index (χ4v) is 3.51. The van der Waals surface area contributed by atoms with Crippen molar-refractivity contribution < 1.29 is 22.3 Å². The first-order valence-corrected chi connectivity index (χ1v) is 9.91. The van der Waals surface area contributed by atoms with E-state index in [4.69, 9.17) is 4.74 Å². The Morgan fingerprint density at radius 1 is 1.14 bits per heavy atom. The number of sulfonamides is 1. The lowest BCUT2D eigenvalue weighted by Crippen LogP contribution is -2.30. The van der Waals surface area contributed by atoms with Gasteiger partial charge in [0.25, 0.3) is 0 Å². The number of halogens is 1. The number of ether oxygens (including phenoxy) is 1. The molecule has 0 aliphatic rings. The summed E-state index contributed by atoms with van der Waals surface area (Å²) in [4.78, 5) is 14.1. The van der Waals surface area contributed by atoms with Gasteiger partial charge in [0.1, 0.15) is 0 Å². The lowest BCUT2D eigenvalue weighted by molar-refractivity contribution is -0.117. The molecule has 0 atom stereocenters. The SMILES string of the molecule is COc1ccc(CN(C)CC(=O)Nc2cccc(S(=O)(=O)N(C)C)c2)cc1F. The van der Waals surface area contributed by atoms with Gasteiger partial charge < -0.3 is 10.1 Å². The van der Waals surface area contributed by atoms with Crippen LogP contribution in [0, 0.1) is 5.82 Å². The fraction of sp³-hybridized carbons (Fsp3) is 0.316. The van der Waals surface area contributed by atoms with Crippen LogP contribution in [0.1, 0.15) is 5.56 Å². The van der Waals surface area contributed by atoms with E-state index in [-0.39, 0.29) is 23.1 Å². The zero-order valence-electron chi connectivity index (χ0n) is 16.3. The van der Waals surface area contributed by atoms with Crippen molar-refractivity contribution in [2.24, 2.45) is 0 Å². The zero-order valence-corrected chi connectivity index (χ0v) is 17.1. The van der Waals surface area contributed by atoms with Crippen LogP contribution in [-0.2, 0) is 21.4 Å². The Morgan fingerprint density at radius 3 is 2.46 bits per heavy atom. The van der Waals surface area contributed by atoms with E-state index in [1.54, 1.807) is 30.1 Å². The van der Waals surface area contributed by atoms with Crippen LogP contribution < -0.4 is 10.1 Å². The van der Waals surface area contributed by atoms with Crippen LogP contribution in [-0.4, -0.2) is 58.3 Å². The Bertz CT molecular complexity index is 948. The molecule has 0 aliphatic carbocycles. The molecule has 0 fully saturated rings. The smallest absolute Gasteiger partial charge is 0.242 e. The third kappa shape index (κ3) is 5.51. The molecule has 28 heavy (non-hydrogen) atoms. The Morgan fingerprint density at radius 2 is 1.86 bits per heavy atom. The van der Waals surface area contributed by atoms with E-state index in [0.717, 1.165) is 4.31 Å². The Labute approximate surface area is 164 Å². The van der Waals surface area contributed by atoms with Crippen LogP contribution in [0.15, 0.2) is 47.4 Å². The molecule has 0 saturated heterocycles. The normalized spacial score (nSPS) is 11.7. The molecule has 0 saturated carbocycles. The Kier molecular flexibility index (Phi) is 7.11. The van der Waals surface area contributed by atoms with E-state index in [0.29, 0.717) is 17.8 Å². The Balaban J connectivity index is 1.99. The summed E-state index contributed by atoms with van der Waals surface area (Å²) in [6.07, 6.45) is 0. The molecule has 1 amide bonds. The van der Waals surface area contributed by atoms with Crippen LogP contribution in [0.4, 0.5) is 10.1 Å². The van der Waals surface area contributed by atoms with E-state index >= 15 is 0 Å². The maximum absolute atomic E-state index is 13.8. The van der Waals surface area contributed by atoms with Crippen molar-refractivity contribution in [1.82, 2.24) is 9.21 Å². The summed E-state index contributed by atoms with van der Waals surface area (Å²) >= 11 is 0. The molecule has 0 bridgehead atoms. The van der Waals surface area contributed by atoms with Crippen LogP contribution in [0.2, 0.25) is 0 Å². The highest BCUT2D eigenvalue weighted by molar-refractivity contribution is 7.89. The van der Waals surface area contributed by atoms with Crippen molar-refractivity contribution in [3.8, 4) is 5.75 Å². The van der Waals surface area contributed by atoms with Crippen LogP contribution in [0.5, 0.6) is 5.75 Å². The number of anilines is 1. The summed E-state index contributed by atoms with van der Waals surface area (Å²) < 4.78 is 44.1. The predicted molar refractivity (Wildman–Crippen MR) is 105 cm³/mol. The quantitative estimate of drug-likeness (QED) is 0.723. The molecule has 2 aromatic carbocycles. The van der Waals surface area contributed by atoms with Gasteiger partial charge in [-0.25, -0.2) is 17.1 Å². The molecule has 0 heterocycles. The maximum Gasteiger partial charge on any atom is 0.242 e. The van der Waals surface area contributed by atoms with Gasteiger partial charge in [0.15, 0.2) is 11.6 Å². The van der Waals surface area contributed by atoms with Gasteiger partial charge in [-0.2, -0.15) is 0 Å². The lowest BCUT2D eigenvalue weighted by atomic mass is 10.2. The van der Waals surface area contributed by atoms with E-state index in [9.17, 15) is 17.6 Å². The van der Waals surface area contributed by atoms with Crippen molar-refractivity contribution >= 4 is 21.6 Å². The van der Waals surface area contributed by atoms with Gasteiger partial charge in [0, 0.05) is 26.3 Å². The van der Waals surface area contributed by atoms with Gasteiger partial charge in [0.05, 0.1) is 18.6 Å². The summed E-state index contributed by atoms with van der Waals surface area (Å²) in [7, 11) is 2.43. The second-order valence-electron chi connectivity index (χ2n) is 6.50. The number of methoxy groups -OCH3 is 1. The average molecular weight is 409 g/mol. The minimum atomic E-state index is -3.58. The summed E-state index contributed by atoms with van der Waals surface area (Å²) in [6.45, 7) is 0.418. The first-order chi connectivity index (χ1) is 13.1. The number of hydrogen-bond donors (Lipinski definition) is 1. The third-order valence-electron chi connectivity index (χ3n) is 3.98. The van der Waals surface area contributed by atoms with Gasteiger partial charge >= 0.3 is 0 Å². The van der Waals surface area contributed by atoms with Crippen LogP contribution in [0.3, 0.4) is 0 Å². The van der Waals surface area contributed by atoms with Crippen molar-refractivity contribution in [3.63, 3.8) is 0 Å². The monoisotopic (exact) mass is 409 g/mol. The molecule has 9 heteroatoms. The summed E-state index contributed by atoms with van der Waals surface area (Å²) in [5, 5.41) is 2.68. The molecule has 2 aromatic rings. The molecule has 0 unspecified atom stereocenters. The van der Waals surface area contributed by atoms with E-state index in [1.807, 2.05) is 0 Å². The minimum Gasteiger partial charge on any atom is -0.494 e. The van der Waals surface area contributed by atoms with Crippen molar-refractivity contribution in [2.75, 3.05) is 40.1 Å². The first kappa shape index (κ1) is 21.8. The number of carbonyl (C=O) groups is 1. The highest BCUT2D eigenvalue weighted by Crippen LogP contribution is 2.19. The third-order valence-corrected chi connectivity index (χ3v) is 5.79. The molecule has 0 spiro atoms. The van der Waals surface area contributed by atoms with Gasteiger partial charge in [-0.1, -0.05) is 12.1 Å². The molecule has 0 aromatic heterocycles. The number of nitrogens with one attached hydrogen (secondary N) is 1. The average Bonchev–Trinajstić information content (AvgIpc) is 2.61. The van der Waals surface area contributed by atoms with E-state index in [2.05, 4.69) is 5.32 Å². The number of likely N-dealkylation sites (N-methyl/N-ethyl adjacent to an activating group) is 1. The lowest BCUT2D eigenvalue weighted by Gasteiger charge is -2.17. The molecule has 152 valence electrons. The standard InChI is InChI=1S/C19H24FN3O4S/c1-22(2)28(25,26)16-7-5-6-15(11-16)21-19(24)13-23(3)12-14-8-9-18(27-4)17(20)10-14/h5-11H,12-13H2,1-4H3,(H,21,24). The molecule has 7 nitrogen and oxygen atoms in total. The van der Waals surface area contributed by atoms with Gasteiger partial charge in [-0.05, 0) is 42.9 Å². The number of rotatable bonds is 8.